The zero-order valence-corrected chi connectivity index (χ0v) is 14.7. The van der Waals surface area contributed by atoms with Crippen LogP contribution in [0.25, 0.3) is 0 Å². The van der Waals surface area contributed by atoms with Crippen LogP contribution in [-0.4, -0.2) is 18.5 Å². The van der Waals surface area contributed by atoms with E-state index < -0.39 is 0 Å². The summed E-state index contributed by atoms with van der Waals surface area (Å²) in [5.41, 5.74) is 9.84. The van der Waals surface area contributed by atoms with Gasteiger partial charge in [0, 0.05) is 23.8 Å². The van der Waals surface area contributed by atoms with Crippen molar-refractivity contribution in [3.05, 3.63) is 53.3 Å². The van der Waals surface area contributed by atoms with Gasteiger partial charge in [0.1, 0.15) is 5.82 Å². The number of aryl methyl sites for hydroxylation is 1. The Morgan fingerprint density at radius 3 is 2.64 bits per heavy atom. The largest absolute Gasteiger partial charge is 0.397 e. The number of nitrogens with zero attached hydrogens (tertiary/aromatic N) is 1. The second-order valence-corrected chi connectivity index (χ2v) is 6.73. The molecule has 1 saturated heterocycles. The minimum Gasteiger partial charge on any atom is -0.397 e. The average molecular weight is 341 g/mol. The molecule has 1 fully saturated rings. The van der Waals surface area contributed by atoms with E-state index in [-0.39, 0.29) is 11.7 Å². The number of benzene rings is 2. The van der Waals surface area contributed by atoms with Crippen LogP contribution in [0.3, 0.4) is 0 Å². The highest BCUT2D eigenvalue weighted by Gasteiger charge is 2.21. The third-order valence-electron chi connectivity index (χ3n) is 4.84. The van der Waals surface area contributed by atoms with E-state index in [1.54, 1.807) is 0 Å². The first kappa shape index (κ1) is 17.3. The van der Waals surface area contributed by atoms with Gasteiger partial charge in [-0.25, -0.2) is 4.39 Å². The Labute approximate surface area is 147 Å². The Balaban J connectivity index is 1.87. The molecule has 0 spiro atoms. The van der Waals surface area contributed by atoms with Crippen LogP contribution in [0.5, 0.6) is 0 Å². The van der Waals surface area contributed by atoms with Crippen molar-refractivity contribution < 1.29 is 9.18 Å². The van der Waals surface area contributed by atoms with Crippen molar-refractivity contribution in [3.63, 3.8) is 0 Å². The Hall–Kier alpha value is -2.56. The second-order valence-electron chi connectivity index (χ2n) is 6.73. The van der Waals surface area contributed by atoms with Crippen molar-refractivity contribution in [2.24, 2.45) is 0 Å². The molecule has 1 atom stereocenters. The van der Waals surface area contributed by atoms with Gasteiger partial charge in [-0.05, 0) is 75.1 Å². The van der Waals surface area contributed by atoms with Gasteiger partial charge in [-0.1, -0.05) is 0 Å². The second kappa shape index (κ2) is 7.13. The highest BCUT2D eigenvalue weighted by atomic mass is 19.1. The molecule has 25 heavy (non-hydrogen) atoms. The molecule has 2 aromatic rings. The predicted molar refractivity (Wildman–Crippen MR) is 101 cm³/mol. The molecule has 0 aliphatic carbocycles. The van der Waals surface area contributed by atoms with Crippen molar-refractivity contribution in [2.45, 2.75) is 39.2 Å². The van der Waals surface area contributed by atoms with Gasteiger partial charge in [-0.15, -0.1) is 0 Å². The van der Waals surface area contributed by atoms with Gasteiger partial charge < -0.3 is 16.0 Å². The number of piperidine rings is 1. The molecular formula is C20H24FN3O. The summed E-state index contributed by atoms with van der Waals surface area (Å²) in [6, 6.07) is 9.79. The molecule has 0 radical (unpaired) electrons. The fourth-order valence-electron chi connectivity index (χ4n) is 3.39. The molecule has 0 unspecified atom stereocenters. The summed E-state index contributed by atoms with van der Waals surface area (Å²) in [7, 11) is 0. The summed E-state index contributed by atoms with van der Waals surface area (Å²) in [6.07, 6.45) is 3.59. The van der Waals surface area contributed by atoms with E-state index in [9.17, 15) is 9.18 Å². The van der Waals surface area contributed by atoms with E-state index in [0.717, 1.165) is 17.8 Å². The first-order valence-electron chi connectivity index (χ1n) is 8.69. The zero-order valence-electron chi connectivity index (χ0n) is 14.7. The first-order valence-corrected chi connectivity index (χ1v) is 8.69. The van der Waals surface area contributed by atoms with Gasteiger partial charge in [-0.3, -0.25) is 4.79 Å². The van der Waals surface area contributed by atoms with Crippen molar-refractivity contribution in [2.75, 3.05) is 22.5 Å². The number of nitrogens with two attached hydrogens (primary N) is 1. The number of rotatable bonds is 3. The van der Waals surface area contributed by atoms with Crippen LogP contribution in [0.4, 0.5) is 21.5 Å². The molecule has 5 heteroatoms. The first-order chi connectivity index (χ1) is 12.0. The Morgan fingerprint density at radius 2 is 1.96 bits per heavy atom. The number of amides is 1. The van der Waals surface area contributed by atoms with Crippen LogP contribution < -0.4 is 16.0 Å². The van der Waals surface area contributed by atoms with Crippen molar-refractivity contribution >= 4 is 23.0 Å². The molecule has 1 aliphatic rings. The number of carbonyl (C=O) groups excluding carboxylic acids is 1. The van der Waals surface area contributed by atoms with Crippen molar-refractivity contribution in [3.8, 4) is 0 Å². The van der Waals surface area contributed by atoms with E-state index in [1.165, 1.54) is 43.5 Å². The van der Waals surface area contributed by atoms with Gasteiger partial charge in [0.15, 0.2) is 0 Å². The molecule has 4 nitrogen and oxygen atoms in total. The minimum atomic E-state index is -0.368. The van der Waals surface area contributed by atoms with E-state index in [1.807, 2.05) is 19.1 Å². The summed E-state index contributed by atoms with van der Waals surface area (Å²) in [5, 5.41) is 2.85. The van der Waals surface area contributed by atoms with E-state index in [4.69, 9.17) is 5.73 Å². The fourth-order valence-corrected chi connectivity index (χ4v) is 3.39. The van der Waals surface area contributed by atoms with Crippen LogP contribution in [0.2, 0.25) is 0 Å². The summed E-state index contributed by atoms with van der Waals surface area (Å²) >= 11 is 0. The molecule has 3 rings (SSSR count). The van der Waals surface area contributed by atoms with Gasteiger partial charge >= 0.3 is 0 Å². The maximum atomic E-state index is 13.0. The van der Waals surface area contributed by atoms with Gasteiger partial charge in [0.2, 0.25) is 0 Å². The number of hydrogen-bond donors (Lipinski definition) is 2. The lowest BCUT2D eigenvalue weighted by atomic mass is 10.0. The molecule has 1 aliphatic heterocycles. The predicted octanol–water partition coefficient (Wildman–Crippen LogP) is 4.35. The monoisotopic (exact) mass is 341 g/mol. The summed E-state index contributed by atoms with van der Waals surface area (Å²) in [6.45, 7) is 5.28. The van der Waals surface area contributed by atoms with Crippen LogP contribution in [0.1, 0.15) is 42.1 Å². The number of halogens is 1. The zero-order chi connectivity index (χ0) is 18.0. The summed E-state index contributed by atoms with van der Waals surface area (Å²) < 4.78 is 13.0. The van der Waals surface area contributed by atoms with E-state index >= 15 is 0 Å². The lowest BCUT2D eigenvalue weighted by molar-refractivity contribution is 0.102. The smallest absolute Gasteiger partial charge is 0.255 e. The van der Waals surface area contributed by atoms with E-state index in [2.05, 4.69) is 17.1 Å². The molecule has 0 saturated carbocycles. The molecule has 0 bridgehead atoms. The highest BCUT2D eigenvalue weighted by Crippen LogP contribution is 2.33. The maximum absolute atomic E-state index is 13.0. The number of hydrogen-bond acceptors (Lipinski definition) is 3. The fraction of sp³-hybridized carbons (Fsp3) is 0.350. The molecule has 2 aromatic carbocycles. The molecule has 132 valence electrons. The van der Waals surface area contributed by atoms with Crippen molar-refractivity contribution in [1.29, 1.82) is 0 Å². The maximum Gasteiger partial charge on any atom is 0.255 e. The van der Waals surface area contributed by atoms with Gasteiger partial charge in [0.25, 0.3) is 5.91 Å². The van der Waals surface area contributed by atoms with Crippen LogP contribution in [0, 0.1) is 12.7 Å². The SMILES string of the molecule is Cc1cc(N)c(NC(=O)c2ccc(F)cc2)cc1N1CCCC[C@@H]1C. The third-order valence-corrected chi connectivity index (χ3v) is 4.84. The standard InChI is InChI=1S/C20H24FN3O/c1-13-11-17(22)18(12-19(13)24-10-4-3-5-14(24)2)23-20(25)15-6-8-16(21)9-7-15/h6-9,11-12,14H,3-5,10,22H2,1-2H3,(H,23,25)/t14-/m0/s1. The lowest BCUT2D eigenvalue weighted by Gasteiger charge is -2.36. The Morgan fingerprint density at radius 1 is 1.24 bits per heavy atom. The normalized spacial score (nSPS) is 17.4. The molecule has 3 N–H and O–H groups in total. The Kier molecular flexibility index (Phi) is 4.93. The quantitative estimate of drug-likeness (QED) is 0.816. The lowest BCUT2D eigenvalue weighted by Crippen LogP contribution is -2.37. The topological polar surface area (TPSA) is 58.4 Å². The molecule has 1 heterocycles. The number of nitrogens with one attached hydrogen (secondary N) is 1. The summed E-state index contributed by atoms with van der Waals surface area (Å²) in [4.78, 5) is 14.8. The highest BCUT2D eigenvalue weighted by molar-refractivity contribution is 6.06. The van der Waals surface area contributed by atoms with Crippen LogP contribution in [-0.2, 0) is 0 Å². The average Bonchev–Trinajstić information content (AvgIpc) is 2.58. The van der Waals surface area contributed by atoms with Gasteiger partial charge in [-0.2, -0.15) is 0 Å². The molecular weight excluding hydrogens is 317 g/mol. The van der Waals surface area contributed by atoms with Crippen LogP contribution >= 0.6 is 0 Å². The Bertz CT molecular complexity index is 773. The summed E-state index contributed by atoms with van der Waals surface area (Å²) in [5.74, 6) is -0.666. The number of carbonyl (C=O) groups is 1. The van der Waals surface area contributed by atoms with Crippen LogP contribution in [0.15, 0.2) is 36.4 Å². The number of nitrogen functional groups attached to an aromatic ring is 1. The number of anilines is 3. The van der Waals surface area contributed by atoms with Crippen molar-refractivity contribution in [1.82, 2.24) is 0 Å². The molecule has 0 aromatic heterocycles. The molecule has 1 amide bonds. The third kappa shape index (κ3) is 3.76. The minimum absolute atomic E-state index is 0.298. The van der Waals surface area contributed by atoms with Gasteiger partial charge in [0.05, 0.1) is 11.4 Å². The van der Waals surface area contributed by atoms with E-state index in [0.29, 0.717) is 23.0 Å².